The maximum Gasteiger partial charge on any atom is 0.0497 e. The number of rotatable bonds is 4. The molecule has 0 spiro atoms. The molecular weight excluding hydrogens is 232 g/mol. The van der Waals surface area contributed by atoms with Gasteiger partial charge in [0.15, 0.2) is 0 Å². The van der Waals surface area contributed by atoms with Crippen LogP contribution in [-0.2, 0) is 13.5 Å². The van der Waals surface area contributed by atoms with Gasteiger partial charge in [0, 0.05) is 28.7 Å². The highest BCUT2D eigenvalue weighted by Crippen LogP contribution is 2.27. The lowest BCUT2D eigenvalue weighted by molar-refractivity contribution is 0.696. The van der Waals surface area contributed by atoms with Crippen LogP contribution in [0.4, 0.5) is 0 Å². The molecule has 1 aromatic carbocycles. The molecule has 2 nitrogen and oxygen atoms in total. The molecule has 3 heteroatoms. The van der Waals surface area contributed by atoms with Gasteiger partial charge in [0.1, 0.15) is 0 Å². The maximum atomic E-state index is 6.06. The fourth-order valence-electron chi connectivity index (χ4n) is 2.44. The molecule has 1 N–H and O–H groups in total. The molecule has 0 aliphatic rings. The standard InChI is InChI=1S/C14H19ClN2/c1-10-12-7-6-11(15)9-14(12)17(3)13(10)5-4-8-16-2/h6-7,9,16H,4-5,8H2,1-3H3. The second-order valence-electron chi connectivity index (χ2n) is 4.50. The molecule has 1 aromatic heterocycles. The van der Waals surface area contributed by atoms with E-state index in [9.17, 15) is 0 Å². The van der Waals surface area contributed by atoms with Gasteiger partial charge in [0.2, 0.25) is 0 Å². The lowest BCUT2D eigenvalue weighted by atomic mass is 10.1. The zero-order chi connectivity index (χ0) is 12.4. The van der Waals surface area contributed by atoms with Gasteiger partial charge in [-0.3, -0.25) is 0 Å². The van der Waals surface area contributed by atoms with Crippen LogP contribution in [0.2, 0.25) is 5.02 Å². The number of aromatic nitrogens is 1. The first kappa shape index (κ1) is 12.5. The predicted octanol–water partition coefficient (Wildman–Crippen LogP) is 3.29. The van der Waals surface area contributed by atoms with Crippen LogP contribution in [0.3, 0.4) is 0 Å². The summed E-state index contributed by atoms with van der Waals surface area (Å²) in [5, 5.41) is 5.31. The van der Waals surface area contributed by atoms with Crippen molar-refractivity contribution in [2.45, 2.75) is 19.8 Å². The topological polar surface area (TPSA) is 17.0 Å². The van der Waals surface area contributed by atoms with E-state index in [4.69, 9.17) is 11.6 Å². The first-order valence-electron chi connectivity index (χ1n) is 6.03. The molecular formula is C14H19ClN2. The average Bonchev–Trinajstić information content (AvgIpc) is 2.54. The largest absolute Gasteiger partial charge is 0.347 e. The Hall–Kier alpha value is -0.990. The van der Waals surface area contributed by atoms with Crippen molar-refractivity contribution in [3.05, 3.63) is 34.5 Å². The van der Waals surface area contributed by atoms with E-state index in [2.05, 4.69) is 29.9 Å². The average molecular weight is 251 g/mol. The number of fused-ring (bicyclic) bond motifs is 1. The summed E-state index contributed by atoms with van der Waals surface area (Å²) in [6.45, 7) is 3.26. The molecule has 0 amide bonds. The molecule has 2 rings (SSSR count). The van der Waals surface area contributed by atoms with E-state index in [-0.39, 0.29) is 0 Å². The molecule has 92 valence electrons. The first-order chi connectivity index (χ1) is 8.15. The van der Waals surface area contributed by atoms with Gasteiger partial charge in [-0.05, 0) is 51.1 Å². The molecule has 0 atom stereocenters. The maximum absolute atomic E-state index is 6.06. The van der Waals surface area contributed by atoms with Gasteiger partial charge >= 0.3 is 0 Å². The zero-order valence-electron chi connectivity index (χ0n) is 10.7. The van der Waals surface area contributed by atoms with Crippen molar-refractivity contribution in [2.24, 2.45) is 7.05 Å². The van der Waals surface area contributed by atoms with Crippen LogP contribution in [0, 0.1) is 6.92 Å². The molecule has 0 aliphatic carbocycles. The number of nitrogens with zero attached hydrogens (tertiary/aromatic N) is 1. The summed E-state index contributed by atoms with van der Waals surface area (Å²) >= 11 is 6.06. The Morgan fingerprint density at radius 1 is 1.35 bits per heavy atom. The number of benzene rings is 1. The van der Waals surface area contributed by atoms with Crippen molar-refractivity contribution >= 4 is 22.5 Å². The third-order valence-corrected chi connectivity index (χ3v) is 3.64. The second kappa shape index (κ2) is 5.11. The van der Waals surface area contributed by atoms with Crippen LogP contribution in [0.1, 0.15) is 17.7 Å². The van der Waals surface area contributed by atoms with E-state index >= 15 is 0 Å². The third kappa shape index (κ3) is 2.33. The molecule has 0 fully saturated rings. The molecule has 0 saturated carbocycles. The molecule has 1 heterocycles. The molecule has 0 aliphatic heterocycles. The van der Waals surface area contributed by atoms with E-state index in [1.807, 2.05) is 19.2 Å². The van der Waals surface area contributed by atoms with Gasteiger partial charge in [0.05, 0.1) is 0 Å². The quantitative estimate of drug-likeness (QED) is 0.824. The summed E-state index contributed by atoms with van der Waals surface area (Å²) in [6, 6.07) is 6.13. The van der Waals surface area contributed by atoms with E-state index in [0.717, 1.165) is 24.4 Å². The Labute approximate surface area is 108 Å². The van der Waals surface area contributed by atoms with Crippen molar-refractivity contribution in [3.8, 4) is 0 Å². The van der Waals surface area contributed by atoms with Crippen molar-refractivity contribution < 1.29 is 0 Å². The van der Waals surface area contributed by atoms with Crippen molar-refractivity contribution in [1.82, 2.24) is 9.88 Å². The summed E-state index contributed by atoms with van der Waals surface area (Å²) in [4.78, 5) is 0. The fraction of sp³-hybridized carbons (Fsp3) is 0.429. The summed E-state index contributed by atoms with van der Waals surface area (Å²) in [5.74, 6) is 0. The van der Waals surface area contributed by atoms with Crippen LogP contribution in [-0.4, -0.2) is 18.2 Å². The smallest absolute Gasteiger partial charge is 0.0497 e. The zero-order valence-corrected chi connectivity index (χ0v) is 11.4. The van der Waals surface area contributed by atoms with Gasteiger partial charge < -0.3 is 9.88 Å². The second-order valence-corrected chi connectivity index (χ2v) is 4.94. The number of aryl methyl sites for hydroxylation is 2. The number of halogens is 1. The molecule has 0 bridgehead atoms. The van der Waals surface area contributed by atoms with Crippen molar-refractivity contribution in [1.29, 1.82) is 0 Å². The van der Waals surface area contributed by atoms with E-state index in [1.165, 1.54) is 22.2 Å². The van der Waals surface area contributed by atoms with Crippen LogP contribution < -0.4 is 5.32 Å². The molecule has 17 heavy (non-hydrogen) atoms. The molecule has 2 aromatic rings. The predicted molar refractivity (Wildman–Crippen MR) is 74.9 cm³/mol. The van der Waals surface area contributed by atoms with Gasteiger partial charge in [-0.25, -0.2) is 0 Å². The molecule has 0 unspecified atom stereocenters. The normalized spacial score (nSPS) is 11.3. The fourth-order valence-corrected chi connectivity index (χ4v) is 2.61. The monoisotopic (exact) mass is 250 g/mol. The summed E-state index contributed by atoms with van der Waals surface area (Å²) in [7, 11) is 4.12. The Balaban J connectivity index is 2.42. The van der Waals surface area contributed by atoms with Crippen LogP contribution >= 0.6 is 11.6 Å². The molecule has 0 radical (unpaired) electrons. The third-order valence-electron chi connectivity index (χ3n) is 3.40. The van der Waals surface area contributed by atoms with Gasteiger partial charge in [0.25, 0.3) is 0 Å². The lowest BCUT2D eigenvalue weighted by Gasteiger charge is -2.05. The highest BCUT2D eigenvalue weighted by molar-refractivity contribution is 6.31. The van der Waals surface area contributed by atoms with Crippen molar-refractivity contribution in [3.63, 3.8) is 0 Å². The summed E-state index contributed by atoms with van der Waals surface area (Å²) in [5.41, 5.74) is 4.03. The Bertz CT molecular complexity index is 528. The number of nitrogens with one attached hydrogen (secondary N) is 1. The van der Waals surface area contributed by atoms with Crippen molar-refractivity contribution in [2.75, 3.05) is 13.6 Å². The summed E-state index contributed by atoms with van der Waals surface area (Å²) < 4.78 is 2.27. The van der Waals surface area contributed by atoms with Gasteiger partial charge in [-0.2, -0.15) is 0 Å². The Morgan fingerprint density at radius 2 is 2.12 bits per heavy atom. The van der Waals surface area contributed by atoms with Crippen LogP contribution in [0.25, 0.3) is 10.9 Å². The Kier molecular flexibility index (Phi) is 3.75. The number of hydrogen-bond acceptors (Lipinski definition) is 1. The highest BCUT2D eigenvalue weighted by Gasteiger charge is 2.11. The lowest BCUT2D eigenvalue weighted by Crippen LogP contribution is -2.09. The Morgan fingerprint density at radius 3 is 2.82 bits per heavy atom. The minimum Gasteiger partial charge on any atom is -0.347 e. The first-order valence-corrected chi connectivity index (χ1v) is 6.41. The molecule has 0 saturated heterocycles. The summed E-state index contributed by atoms with van der Waals surface area (Å²) in [6.07, 6.45) is 2.27. The van der Waals surface area contributed by atoms with Gasteiger partial charge in [-0.1, -0.05) is 17.7 Å². The minimum atomic E-state index is 0.805. The van der Waals surface area contributed by atoms with E-state index < -0.39 is 0 Å². The van der Waals surface area contributed by atoms with E-state index in [0.29, 0.717) is 0 Å². The number of hydrogen-bond donors (Lipinski definition) is 1. The van der Waals surface area contributed by atoms with Crippen LogP contribution in [0.15, 0.2) is 18.2 Å². The van der Waals surface area contributed by atoms with Crippen LogP contribution in [0.5, 0.6) is 0 Å². The minimum absolute atomic E-state index is 0.805. The highest BCUT2D eigenvalue weighted by atomic mass is 35.5. The van der Waals surface area contributed by atoms with Gasteiger partial charge in [-0.15, -0.1) is 0 Å². The SMILES string of the molecule is CNCCCc1c(C)c2ccc(Cl)cc2n1C. The van der Waals surface area contributed by atoms with E-state index in [1.54, 1.807) is 0 Å².